The average molecular weight is 193 g/mol. The van der Waals surface area contributed by atoms with Gasteiger partial charge in [0, 0.05) is 18.8 Å². The van der Waals surface area contributed by atoms with Gasteiger partial charge in [-0.3, -0.25) is 4.79 Å². The number of rotatable bonds is 5. The van der Waals surface area contributed by atoms with Crippen LogP contribution in [0.2, 0.25) is 0 Å². The van der Waals surface area contributed by atoms with E-state index in [9.17, 15) is 4.79 Å². The molecule has 14 heavy (non-hydrogen) atoms. The molecule has 1 heterocycles. The molecule has 1 aromatic rings. The Balaban J connectivity index is 2.44. The van der Waals surface area contributed by atoms with Crippen LogP contribution < -0.4 is 5.73 Å². The summed E-state index contributed by atoms with van der Waals surface area (Å²) >= 11 is 0. The van der Waals surface area contributed by atoms with E-state index in [4.69, 9.17) is 5.73 Å². The Morgan fingerprint density at radius 1 is 1.50 bits per heavy atom. The molecule has 0 aliphatic carbocycles. The molecule has 0 saturated carbocycles. The van der Waals surface area contributed by atoms with Crippen LogP contribution in [0.1, 0.15) is 30.1 Å². The number of carbonyl (C=O) groups is 1. The van der Waals surface area contributed by atoms with Crippen LogP contribution in [0.15, 0.2) is 18.7 Å². The standard InChI is InChI=1S/C10H15N3O/c1-8(4-11)2-3-10(14)9-5-12-7-13-6-9/h5-8H,2-4,11H2,1H3. The largest absolute Gasteiger partial charge is 0.330 e. The molecule has 1 unspecified atom stereocenters. The summed E-state index contributed by atoms with van der Waals surface area (Å²) in [7, 11) is 0. The highest BCUT2D eigenvalue weighted by Crippen LogP contribution is 2.07. The maximum atomic E-state index is 11.5. The molecule has 76 valence electrons. The highest BCUT2D eigenvalue weighted by Gasteiger charge is 2.08. The molecule has 0 radical (unpaired) electrons. The third-order valence-corrected chi connectivity index (χ3v) is 2.15. The second kappa shape index (κ2) is 5.44. The molecule has 0 saturated heterocycles. The predicted octanol–water partition coefficient (Wildman–Crippen LogP) is 1.03. The van der Waals surface area contributed by atoms with Crippen LogP contribution in [0.5, 0.6) is 0 Å². The fourth-order valence-electron chi connectivity index (χ4n) is 1.08. The van der Waals surface area contributed by atoms with Crippen LogP contribution in [0.4, 0.5) is 0 Å². The quantitative estimate of drug-likeness (QED) is 0.709. The number of nitrogens with zero attached hydrogens (tertiary/aromatic N) is 2. The normalized spacial score (nSPS) is 12.4. The molecule has 0 aliphatic heterocycles. The van der Waals surface area contributed by atoms with Crippen LogP contribution in [-0.4, -0.2) is 22.3 Å². The zero-order chi connectivity index (χ0) is 10.4. The third-order valence-electron chi connectivity index (χ3n) is 2.15. The molecule has 0 bridgehead atoms. The lowest BCUT2D eigenvalue weighted by molar-refractivity contribution is 0.0974. The van der Waals surface area contributed by atoms with Crippen LogP contribution >= 0.6 is 0 Å². The van der Waals surface area contributed by atoms with E-state index in [0.717, 1.165) is 6.42 Å². The molecule has 0 spiro atoms. The molecule has 0 aliphatic rings. The van der Waals surface area contributed by atoms with Crippen molar-refractivity contribution in [2.45, 2.75) is 19.8 Å². The van der Waals surface area contributed by atoms with Crippen molar-refractivity contribution in [1.29, 1.82) is 0 Å². The van der Waals surface area contributed by atoms with E-state index in [-0.39, 0.29) is 5.78 Å². The first kappa shape index (κ1) is 10.8. The van der Waals surface area contributed by atoms with Gasteiger partial charge in [-0.25, -0.2) is 9.97 Å². The molecule has 1 aromatic heterocycles. The van der Waals surface area contributed by atoms with Crippen molar-refractivity contribution in [3.8, 4) is 0 Å². The minimum Gasteiger partial charge on any atom is -0.330 e. The second-order valence-corrected chi connectivity index (χ2v) is 3.43. The van der Waals surface area contributed by atoms with E-state index in [1.807, 2.05) is 6.92 Å². The molecule has 0 fully saturated rings. The van der Waals surface area contributed by atoms with Crippen LogP contribution in [-0.2, 0) is 0 Å². The Hall–Kier alpha value is -1.29. The van der Waals surface area contributed by atoms with Gasteiger partial charge in [-0.1, -0.05) is 6.92 Å². The van der Waals surface area contributed by atoms with Gasteiger partial charge in [0.25, 0.3) is 0 Å². The second-order valence-electron chi connectivity index (χ2n) is 3.43. The molecular weight excluding hydrogens is 178 g/mol. The number of hydrogen-bond acceptors (Lipinski definition) is 4. The number of nitrogens with two attached hydrogens (primary N) is 1. The molecule has 4 heteroatoms. The zero-order valence-corrected chi connectivity index (χ0v) is 8.31. The molecule has 1 atom stereocenters. The van der Waals surface area contributed by atoms with Gasteiger partial charge in [-0.05, 0) is 18.9 Å². The summed E-state index contributed by atoms with van der Waals surface area (Å²) in [5, 5.41) is 0. The first-order chi connectivity index (χ1) is 6.74. The van der Waals surface area contributed by atoms with Gasteiger partial charge in [0.15, 0.2) is 5.78 Å². The molecular formula is C10H15N3O. The van der Waals surface area contributed by atoms with Crippen molar-refractivity contribution >= 4 is 5.78 Å². The average Bonchev–Trinajstić information content (AvgIpc) is 2.26. The van der Waals surface area contributed by atoms with Crippen molar-refractivity contribution in [2.24, 2.45) is 11.7 Å². The topological polar surface area (TPSA) is 68.9 Å². The van der Waals surface area contributed by atoms with Gasteiger partial charge in [0.05, 0.1) is 5.56 Å². The Morgan fingerprint density at radius 3 is 2.71 bits per heavy atom. The van der Waals surface area contributed by atoms with E-state index < -0.39 is 0 Å². The van der Waals surface area contributed by atoms with Crippen molar-refractivity contribution < 1.29 is 4.79 Å². The number of hydrogen-bond donors (Lipinski definition) is 1. The van der Waals surface area contributed by atoms with E-state index in [2.05, 4.69) is 9.97 Å². The fraction of sp³-hybridized carbons (Fsp3) is 0.500. The lowest BCUT2D eigenvalue weighted by Gasteiger charge is -2.06. The molecule has 2 N–H and O–H groups in total. The SMILES string of the molecule is CC(CN)CCC(=O)c1cncnc1. The Labute approximate surface area is 83.6 Å². The lowest BCUT2D eigenvalue weighted by Crippen LogP contribution is -2.12. The van der Waals surface area contributed by atoms with Gasteiger partial charge in [-0.15, -0.1) is 0 Å². The molecule has 0 aromatic carbocycles. The number of carbonyl (C=O) groups excluding carboxylic acids is 1. The van der Waals surface area contributed by atoms with Gasteiger partial charge < -0.3 is 5.73 Å². The van der Waals surface area contributed by atoms with Crippen molar-refractivity contribution in [2.75, 3.05) is 6.54 Å². The number of aromatic nitrogens is 2. The fourth-order valence-corrected chi connectivity index (χ4v) is 1.08. The smallest absolute Gasteiger partial charge is 0.165 e. The number of ketones is 1. The maximum absolute atomic E-state index is 11.5. The van der Waals surface area contributed by atoms with Gasteiger partial charge >= 0.3 is 0 Å². The summed E-state index contributed by atoms with van der Waals surface area (Å²) in [6, 6.07) is 0. The summed E-state index contributed by atoms with van der Waals surface area (Å²) in [5.74, 6) is 0.481. The predicted molar refractivity (Wildman–Crippen MR) is 53.8 cm³/mol. The van der Waals surface area contributed by atoms with Crippen LogP contribution in [0.3, 0.4) is 0 Å². The van der Waals surface area contributed by atoms with Crippen molar-refractivity contribution in [3.05, 3.63) is 24.3 Å². The van der Waals surface area contributed by atoms with Gasteiger partial charge in [0.2, 0.25) is 0 Å². The minimum absolute atomic E-state index is 0.0888. The van der Waals surface area contributed by atoms with E-state index in [0.29, 0.717) is 24.4 Å². The monoisotopic (exact) mass is 193 g/mol. The number of Topliss-reactive ketones (excluding diaryl/α,β-unsaturated/α-hetero) is 1. The first-order valence-corrected chi connectivity index (χ1v) is 4.72. The summed E-state index contributed by atoms with van der Waals surface area (Å²) in [5.41, 5.74) is 6.04. The van der Waals surface area contributed by atoms with Crippen molar-refractivity contribution in [3.63, 3.8) is 0 Å². The Bertz CT molecular complexity index is 287. The van der Waals surface area contributed by atoms with Crippen LogP contribution in [0, 0.1) is 5.92 Å². The minimum atomic E-state index is 0.0888. The highest BCUT2D eigenvalue weighted by atomic mass is 16.1. The van der Waals surface area contributed by atoms with Gasteiger partial charge in [0.1, 0.15) is 6.33 Å². The first-order valence-electron chi connectivity index (χ1n) is 4.72. The molecule has 4 nitrogen and oxygen atoms in total. The Morgan fingerprint density at radius 2 is 2.14 bits per heavy atom. The summed E-state index contributed by atoms with van der Waals surface area (Å²) in [6.07, 6.45) is 5.85. The molecule has 1 rings (SSSR count). The van der Waals surface area contributed by atoms with Crippen LogP contribution in [0.25, 0.3) is 0 Å². The Kier molecular flexibility index (Phi) is 4.19. The summed E-state index contributed by atoms with van der Waals surface area (Å²) < 4.78 is 0. The van der Waals surface area contributed by atoms with Crippen molar-refractivity contribution in [1.82, 2.24) is 9.97 Å². The highest BCUT2D eigenvalue weighted by molar-refractivity contribution is 5.95. The summed E-state index contributed by atoms with van der Waals surface area (Å²) in [4.78, 5) is 19.1. The maximum Gasteiger partial charge on any atom is 0.165 e. The van der Waals surface area contributed by atoms with Gasteiger partial charge in [-0.2, -0.15) is 0 Å². The van der Waals surface area contributed by atoms with E-state index >= 15 is 0 Å². The van der Waals surface area contributed by atoms with E-state index in [1.165, 1.54) is 6.33 Å². The van der Waals surface area contributed by atoms with E-state index in [1.54, 1.807) is 12.4 Å². The molecule has 0 amide bonds. The summed E-state index contributed by atoms with van der Waals surface area (Å²) in [6.45, 7) is 2.66. The lowest BCUT2D eigenvalue weighted by atomic mass is 10.0. The zero-order valence-electron chi connectivity index (χ0n) is 8.31. The third kappa shape index (κ3) is 3.22.